The molecule has 8 heteroatoms. The molecule has 2 fully saturated rings. The van der Waals surface area contributed by atoms with Crippen molar-refractivity contribution in [3.05, 3.63) is 65.2 Å². The van der Waals surface area contributed by atoms with Crippen molar-refractivity contribution < 1.29 is 14.4 Å². The normalized spacial score (nSPS) is 21.9. The third-order valence-corrected chi connectivity index (χ3v) is 7.62. The maximum atomic E-state index is 13.3. The summed E-state index contributed by atoms with van der Waals surface area (Å²) in [5.41, 5.74) is 10.1. The Morgan fingerprint density at radius 1 is 0.889 bits per heavy atom. The van der Waals surface area contributed by atoms with Gasteiger partial charge in [0.2, 0.25) is 11.8 Å². The summed E-state index contributed by atoms with van der Waals surface area (Å²) in [6.07, 6.45) is 7.17. The Kier molecular flexibility index (Phi) is 8.32. The number of benzene rings is 2. The zero-order chi connectivity index (χ0) is 24.4. The van der Waals surface area contributed by atoms with Crippen LogP contribution in [0.5, 0.6) is 0 Å². The van der Waals surface area contributed by atoms with Crippen LogP contribution in [0.15, 0.2) is 48.5 Å². The lowest BCUT2D eigenvalue weighted by Crippen LogP contribution is -2.52. The number of imide groups is 1. The van der Waals surface area contributed by atoms with E-state index in [0.717, 1.165) is 61.3 Å². The number of nitrogens with two attached hydrogens (primary N) is 1. The van der Waals surface area contributed by atoms with Crippen molar-refractivity contribution in [2.24, 2.45) is 5.73 Å². The van der Waals surface area contributed by atoms with Gasteiger partial charge in [0.25, 0.3) is 5.91 Å². The molecule has 5 rings (SSSR count). The summed E-state index contributed by atoms with van der Waals surface area (Å²) in [6.45, 7) is 1.13. The average Bonchev–Trinajstić information content (AvgIpc) is 3.20. The molecule has 0 atom stereocenters. The number of hydrazine groups is 1. The molecule has 2 aromatic carbocycles. The van der Waals surface area contributed by atoms with Crippen LogP contribution in [0, 0.1) is 0 Å². The fourth-order valence-electron chi connectivity index (χ4n) is 5.75. The number of rotatable bonds is 7. The van der Waals surface area contributed by atoms with Crippen LogP contribution >= 0.6 is 12.4 Å². The van der Waals surface area contributed by atoms with E-state index in [-0.39, 0.29) is 42.7 Å². The van der Waals surface area contributed by atoms with Gasteiger partial charge in [-0.3, -0.25) is 14.4 Å². The number of nitrogens with zero attached hydrogens (tertiary/aromatic N) is 3. The van der Waals surface area contributed by atoms with E-state index in [1.54, 1.807) is 0 Å². The molecule has 2 aliphatic heterocycles. The standard InChI is InChI=1S/C28H34N4O3.ClH/c29-21-14-16-22(17-15-21)30(18-6-9-20-7-2-1-3-8-20)25-11-4-10-23-24(25)19-31(28(23)35)32-26(33)12-5-13-27(32)34;/h1-4,7-8,10-11,21-22H,5-6,9,12-19,29H2;1H. The van der Waals surface area contributed by atoms with E-state index in [1.807, 2.05) is 18.2 Å². The van der Waals surface area contributed by atoms with Crippen LogP contribution in [0.4, 0.5) is 5.69 Å². The molecule has 1 saturated heterocycles. The zero-order valence-electron chi connectivity index (χ0n) is 20.6. The lowest BCUT2D eigenvalue weighted by molar-refractivity contribution is -0.163. The first-order valence-corrected chi connectivity index (χ1v) is 12.9. The Morgan fingerprint density at radius 2 is 1.58 bits per heavy atom. The van der Waals surface area contributed by atoms with E-state index in [9.17, 15) is 14.4 Å². The number of carbonyl (C=O) groups is 3. The quantitative estimate of drug-likeness (QED) is 0.563. The van der Waals surface area contributed by atoms with E-state index in [2.05, 4.69) is 35.2 Å². The Hall–Kier alpha value is -2.90. The molecule has 2 heterocycles. The highest BCUT2D eigenvalue weighted by molar-refractivity contribution is 6.05. The number of piperidine rings is 1. The fourth-order valence-corrected chi connectivity index (χ4v) is 5.75. The van der Waals surface area contributed by atoms with E-state index in [1.165, 1.54) is 10.6 Å². The van der Waals surface area contributed by atoms with Gasteiger partial charge < -0.3 is 10.6 Å². The third kappa shape index (κ3) is 5.27. The lowest BCUT2D eigenvalue weighted by Gasteiger charge is -2.39. The first-order chi connectivity index (χ1) is 17.0. The maximum absolute atomic E-state index is 13.3. The summed E-state index contributed by atoms with van der Waals surface area (Å²) in [6, 6.07) is 17.0. The second-order valence-electron chi connectivity index (χ2n) is 9.97. The third-order valence-electron chi connectivity index (χ3n) is 7.62. The molecule has 1 saturated carbocycles. The minimum absolute atomic E-state index is 0. The topological polar surface area (TPSA) is 86.9 Å². The largest absolute Gasteiger partial charge is 0.368 e. The van der Waals surface area contributed by atoms with Crippen LogP contribution in [-0.4, -0.2) is 46.4 Å². The van der Waals surface area contributed by atoms with Gasteiger partial charge in [0.15, 0.2) is 0 Å². The fraction of sp³-hybridized carbons (Fsp3) is 0.464. The predicted molar refractivity (Wildman–Crippen MR) is 142 cm³/mol. The van der Waals surface area contributed by atoms with Crippen molar-refractivity contribution in [3.8, 4) is 0 Å². The van der Waals surface area contributed by atoms with Gasteiger partial charge in [0, 0.05) is 48.3 Å². The summed E-state index contributed by atoms with van der Waals surface area (Å²) in [5.74, 6) is -0.838. The van der Waals surface area contributed by atoms with E-state index in [0.29, 0.717) is 30.9 Å². The van der Waals surface area contributed by atoms with Crippen LogP contribution in [0.3, 0.4) is 0 Å². The maximum Gasteiger partial charge on any atom is 0.273 e. The number of anilines is 1. The van der Waals surface area contributed by atoms with Crippen molar-refractivity contribution in [2.45, 2.75) is 76.4 Å². The molecule has 0 radical (unpaired) electrons. The molecule has 2 aromatic rings. The number of carbonyl (C=O) groups excluding carboxylic acids is 3. The van der Waals surface area contributed by atoms with Gasteiger partial charge in [-0.2, -0.15) is 5.01 Å². The lowest BCUT2D eigenvalue weighted by atomic mass is 9.89. The second kappa shape index (κ2) is 11.4. The number of halogens is 1. The van der Waals surface area contributed by atoms with E-state index < -0.39 is 0 Å². The number of hydrogen-bond acceptors (Lipinski definition) is 5. The molecule has 3 amide bonds. The highest BCUT2D eigenvalue weighted by Gasteiger charge is 2.41. The van der Waals surface area contributed by atoms with Gasteiger partial charge in [-0.05, 0) is 62.6 Å². The van der Waals surface area contributed by atoms with Gasteiger partial charge >= 0.3 is 0 Å². The van der Waals surface area contributed by atoms with Crippen molar-refractivity contribution in [1.82, 2.24) is 10.0 Å². The molecule has 192 valence electrons. The molecule has 7 nitrogen and oxygen atoms in total. The van der Waals surface area contributed by atoms with Crippen LogP contribution in [0.25, 0.3) is 0 Å². The first kappa shape index (κ1) is 26.2. The molecule has 36 heavy (non-hydrogen) atoms. The number of fused-ring (bicyclic) bond motifs is 1. The molecule has 0 spiro atoms. The Balaban J connectivity index is 0.00000304. The minimum atomic E-state index is -0.287. The highest BCUT2D eigenvalue weighted by atomic mass is 35.5. The van der Waals surface area contributed by atoms with Crippen molar-refractivity contribution in [3.63, 3.8) is 0 Å². The van der Waals surface area contributed by atoms with E-state index >= 15 is 0 Å². The number of hydrogen-bond donors (Lipinski definition) is 1. The average molecular weight is 511 g/mol. The highest BCUT2D eigenvalue weighted by Crippen LogP contribution is 2.37. The smallest absolute Gasteiger partial charge is 0.273 e. The molecule has 0 bridgehead atoms. The van der Waals surface area contributed by atoms with Gasteiger partial charge in [-0.15, -0.1) is 12.4 Å². The SMILES string of the molecule is Cl.NC1CCC(N(CCCc2ccccc2)c2cccc3c2CN(N2C(=O)CCCC2=O)C3=O)CC1. The Labute approximate surface area is 219 Å². The second-order valence-corrected chi connectivity index (χ2v) is 9.97. The predicted octanol–water partition coefficient (Wildman–Crippen LogP) is 4.23. The van der Waals surface area contributed by atoms with Crippen molar-refractivity contribution in [1.29, 1.82) is 0 Å². The van der Waals surface area contributed by atoms with Crippen LogP contribution in [0.1, 0.15) is 72.9 Å². The van der Waals surface area contributed by atoms with Crippen LogP contribution in [-0.2, 0) is 22.6 Å². The minimum Gasteiger partial charge on any atom is -0.368 e. The summed E-state index contributed by atoms with van der Waals surface area (Å²) < 4.78 is 0. The number of aryl methyl sites for hydroxylation is 1. The first-order valence-electron chi connectivity index (χ1n) is 12.9. The van der Waals surface area contributed by atoms with Gasteiger partial charge in [-0.25, -0.2) is 5.01 Å². The Morgan fingerprint density at radius 3 is 2.28 bits per heavy atom. The molecule has 3 aliphatic rings. The monoisotopic (exact) mass is 510 g/mol. The molecule has 0 aromatic heterocycles. The molecule has 2 N–H and O–H groups in total. The summed E-state index contributed by atoms with van der Waals surface area (Å²) in [4.78, 5) is 40.9. The molecule has 0 unspecified atom stereocenters. The number of amides is 3. The van der Waals surface area contributed by atoms with Gasteiger partial charge in [0.1, 0.15) is 0 Å². The summed E-state index contributed by atoms with van der Waals surface area (Å²) in [5, 5.41) is 2.45. The summed E-state index contributed by atoms with van der Waals surface area (Å²) in [7, 11) is 0. The van der Waals surface area contributed by atoms with Crippen molar-refractivity contribution in [2.75, 3.05) is 11.4 Å². The van der Waals surface area contributed by atoms with Gasteiger partial charge in [0.05, 0.1) is 6.54 Å². The summed E-state index contributed by atoms with van der Waals surface area (Å²) >= 11 is 0. The van der Waals surface area contributed by atoms with E-state index in [4.69, 9.17) is 5.73 Å². The zero-order valence-corrected chi connectivity index (χ0v) is 21.4. The Bertz CT molecular complexity index is 1090. The molecular weight excluding hydrogens is 476 g/mol. The van der Waals surface area contributed by atoms with Gasteiger partial charge in [-0.1, -0.05) is 36.4 Å². The van der Waals surface area contributed by atoms with Crippen LogP contribution < -0.4 is 10.6 Å². The van der Waals surface area contributed by atoms with Crippen molar-refractivity contribution >= 4 is 35.8 Å². The molecule has 1 aliphatic carbocycles. The van der Waals surface area contributed by atoms with Crippen LogP contribution in [0.2, 0.25) is 0 Å². The molecular formula is C28H35ClN4O3.